The first-order chi connectivity index (χ1) is 16.9. The van der Waals surface area contributed by atoms with Gasteiger partial charge >= 0.3 is 11.9 Å². The minimum Gasteiger partial charge on any atom is -0.496 e. The number of para-hydroxylation sites is 1. The van der Waals surface area contributed by atoms with E-state index in [1.165, 1.54) is 25.6 Å². The Bertz CT molecular complexity index is 1320. The zero-order valence-electron chi connectivity index (χ0n) is 20.2. The van der Waals surface area contributed by atoms with E-state index >= 15 is 0 Å². The number of carbonyl (C=O) groups is 2. The lowest BCUT2D eigenvalue weighted by Crippen LogP contribution is -2.32. The molecule has 0 unspecified atom stereocenters. The quantitative estimate of drug-likeness (QED) is 0.483. The molecule has 4 rings (SSSR count). The summed E-state index contributed by atoms with van der Waals surface area (Å²) in [7, 11) is 4.29. The predicted octanol–water partition coefficient (Wildman–Crippen LogP) is 5.07. The second kappa shape index (κ2) is 10.1. The van der Waals surface area contributed by atoms with Gasteiger partial charge in [0, 0.05) is 27.9 Å². The van der Waals surface area contributed by atoms with Gasteiger partial charge in [-0.25, -0.2) is 14.6 Å². The molecule has 0 saturated heterocycles. The molecule has 3 aromatic rings. The van der Waals surface area contributed by atoms with Crippen molar-refractivity contribution in [2.45, 2.75) is 19.8 Å². The largest absolute Gasteiger partial charge is 0.496 e. The Morgan fingerprint density at radius 1 is 0.857 bits per heavy atom. The highest BCUT2D eigenvalue weighted by Crippen LogP contribution is 2.44. The molecule has 1 aliphatic heterocycles. The summed E-state index contributed by atoms with van der Waals surface area (Å²) in [5, 5.41) is 5.86. The predicted molar refractivity (Wildman–Crippen MR) is 135 cm³/mol. The molecule has 8 heteroatoms. The van der Waals surface area contributed by atoms with E-state index in [0.717, 1.165) is 33.1 Å². The van der Waals surface area contributed by atoms with Gasteiger partial charge in [0.1, 0.15) is 10.8 Å². The smallest absolute Gasteiger partial charge is 0.336 e. The molecule has 1 N–H and O–H groups in total. The summed E-state index contributed by atoms with van der Waals surface area (Å²) in [6.45, 7) is 3.59. The second-order valence-electron chi connectivity index (χ2n) is 7.94. The third-order valence-corrected chi connectivity index (χ3v) is 6.84. The number of nitrogens with zero attached hydrogens (tertiary/aromatic N) is 1. The number of aromatic nitrogens is 1. The number of benzene rings is 2. The van der Waals surface area contributed by atoms with Gasteiger partial charge in [0.05, 0.1) is 44.1 Å². The van der Waals surface area contributed by atoms with Gasteiger partial charge in [-0.05, 0) is 31.5 Å². The van der Waals surface area contributed by atoms with E-state index in [1.54, 1.807) is 21.0 Å². The Labute approximate surface area is 208 Å². The number of carbonyl (C=O) groups excluding carboxylic acids is 2. The number of thiazole rings is 1. The number of esters is 2. The third kappa shape index (κ3) is 4.44. The van der Waals surface area contributed by atoms with Gasteiger partial charge in [0.25, 0.3) is 0 Å². The van der Waals surface area contributed by atoms with Crippen molar-refractivity contribution in [2.24, 2.45) is 0 Å². The number of allylic oxidation sites excluding steroid dienone is 2. The lowest BCUT2D eigenvalue weighted by atomic mass is 9.78. The molecule has 1 aromatic heterocycles. The van der Waals surface area contributed by atoms with E-state index in [2.05, 4.69) is 5.32 Å². The van der Waals surface area contributed by atoms with Crippen LogP contribution in [-0.4, -0.2) is 38.3 Å². The molecule has 2 heterocycles. The van der Waals surface area contributed by atoms with Crippen LogP contribution in [0.25, 0.3) is 21.8 Å². The van der Waals surface area contributed by atoms with E-state index in [-0.39, 0.29) is 0 Å². The number of nitrogens with one attached hydrogen (secondary N) is 1. The highest BCUT2D eigenvalue weighted by molar-refractivity contribution is 7.13. The van der Waals surface area contributed by atoms with Gasteiger partial charge in [-0.3, -0.25) is 0 Å². The maximum Gasteiger partial charge on any atom is 0.336 e. The lowest BCUT2D eigenvalue weighted by Gasteiger charge is -2.31. The van der Waals surface area contributed by atoms with E-state index < -0.39 is 17.9 Å². The van der Waals surface area contributed by atoms with Gasteiger partial charge in [0.2, 0.25) is 0 Å². The van der Waals surface area contributed by atoms with Crippen LogP contribution in [-0.2, 0) is 19.1 Å². The molecule has 0 spiro atoms. The Morgan fingerprint density at radius 3 is 2.03 bits per heavy atom. The topological polar surface area (TPSA) is 86.8 Å². The lowest BCUT2D eigenvalue weighted by molar-refractivity contribution is -0.137. The second-order valence-corrected chi connectivity index (χ2v) is 8.80. The third-order valence-electron chi connectivity index (χ3n) is 5.96. The molecular formula is C27H26N2O5S. The van der Waals surface area contributed by atoms with Crippen molar-refractivity contribution in [3.05, 3.63) is 82.0 Å². The molecular weight excluding hydrogens is 464 g/mol. The standard InChI is InChI=1S/C27H26N2O5S/c1-15-22(26(30)33-4)24(23(16(2)28-15)27(31)34-5)17-10-6-7-11-18(17)25-29-20(14-35-25)19-12-8-9-13-21(19)32-3/h6-14,24,28H,1-5H3. The van der Waals surface area contributed by atoms with E-state index in [0.29, 0.717) is 22.5 Å². The Morgan fingerprint density at radius 2 is 1.43 bits per heavy atom. The van der Waals surface area contributed by atoms with Crippen molar-refractivity contribution in [3.63, 3.8) is 0 Å². The Hall–Kier alpha value is -3.91. The molecule has 0 amide bonds. The number of methoxy groups -OCH3 is 3. The fourth-order valence-corrected chi connectivity index (χ4v) is 5.25. The molecule has 0 bridgehead atoms. The average Bonchev–Trinajstić information content (AvgIpc) is 3.37. The number of rotatable bonds is 6. The summed E-state index contributed by atoms with van der Waals surface area (Å²) in [6.07, 6.45) is 0. The van der Waals surface area contributed by atoms with Crippen molar-refractivity contribution >= 4 is 23.3 Å². The molecule has 1 aliphatic rings. The van der Waals surface area contributed by atoms with Crippen LogP contribution in [0.3, 0.4) is 0 Å². The molecule has 180 valence electrons. The first-order valence-corrected chi connectivity index (χ1v) is 11.8. The van der Waals surface area contributed by atoms with Crippen molar-refractivity contribution in [1.82, 2.24) is 10.3 Å². The van der Waals surface area contributed by atoms with Crippen LogP contribution in [0.4, 0.5) is 0 Å². The fourth-order valence-electron chi connectivity index (χ4n) is 4.39. The van der Waals surface area contributed by atoms with Crippen LogP contribution in [0.1, 0.15) is 25.3 Å². The van der Waals surface area contributed by atoms with Gasteiger partial charge in [-0.2, -0.15) is 0 Å². The van der Waals surface area contributed by atoms with Crippen LogP contribution in [0.5, 0.6) is 5.75 Å². The Balaban J connectivity index is 1.90. The SMILES string of the molecule is COC(=O)C1=C(C)NC(C)=C(C(=O)OC)C1c1ccccc1-c1nc(-c2ccccc2OC)cs1. The van der Waals surface area contributed by atoms with Crippen LogP contribution in [0, 0.1) is 0 Å². The number of hydrogen-bond acceptors (Lipinski definition) is 8. The van der Waals surface area contributed by atoms with E-state index in [9.17, 15) is 9.59 Å². The molecule has 35 heavy (non-hydrogen) atoms. The fraction of sp³-hybridized carbons (Fsp3) is 0.222. The normalized spacial score (nSPS) is 14.0. The number of hydrogen-bond donors (Lipinski definition) is 1. The van der Waals surface area contributed by atoms with Crippen LogP contribution in [0.2, 0.25) is 0 Å². The summed E-state index contributed by atoms with van der Waals surface area (Å²) >= 11 is 1.48. The average molecular weight is 491 g/mol. The highest BCUT2D eigenvalue weighted by Gasteiger charge is 2.39. The van der Waals surface area contributed by atoms with Gasteiger partial charge in [-0.15, -0.1) is 11.3 Å². The molecule has 0 atom stereocenters. The summed E-state index contributed by atoms with van der Waals surface area (Å²) in [4.78, 5) is 30.7. The van der Waals surface area contributed by atoms with E-state index in [1.807, 2.05) is 53.9 Å². The van der Waals surface area contributed by atoms with Crippen molar-refractivity contribution < 1.29 is 23.8 Å². The number of ether oxygens (including phenoxy) is 3. The first-order valence-electron chi connectivity index (χ1n) is 10.9. The zero-order valence-corrected chi connectivity index (χ0v) is 21.0. The summed E-state index contributed by atoms with van der Waals surface area (Å²) in [5.41, 5.74) is 5.19. The van der Waals surface area contributed by atoms with Gasteiger partial charge in [-0.1, -0.05) is 36.4 Å². The van der Waals surface area contributed by atoms with E-state index in [4.69, 9.17) is 19.2 Å². The van der Waals surface area contributed by atoms with Crippen molar-refractivity contribution in [1.29, 1.82) is 0 Å². The summed E-state index contributed by atoms with van der Waals surface area (Å²) in [6, 6.07) is 15.3. The maximum atomic E-state index is 12.9. The number of dihydropyridines is 1. The van der Waals surface area contributed by atoms with Crippen molar-refractivity contribution in [3.8, 4) is 27.6 Å². The van der Waals surface area contributed by atoms with Gasteiger partial charge in [0.15, 0.2) is 0 Å². The summed E-state index contributed by atoms with van der Waals surface area (Å²) in [5.74, 6) is -0.991. The summed E-state index contributed by atoms with van der Waals surface area (Å²) < 4.78 is 15.7. The monoisotopic (exact) mass is 490 g/mol. The molecule has 2 aromatic carbocycles. The molecule has 7 nitrogen and oxygen atoms in total. The van der Waals surface area contributed by atoms with Crippen LogP contribution in [0.15, 0.2) is 76.5 Å². The minimum absolute atomic E-state index is 0.354. The maximum absolute atomic E-state index is 12.9. The Kier molecular flexibility index (Phi) is 7.02. The highest BCUT2D eigenvalue weighted by atomic mass is 32.1. The van der Waals surface area contributed by atoms with Gasteiger partial charge < -0.3 is 19.5 Å². The minimum atomic E-state index is -0.689. The molecule has 0 fully saturated rings. The van der Waals surface area contributed by atoms with Crippen LogP contribution >= 0.6 is 11.3 Å². The van der Waals surface area contributed by atoms with Crippen LogP contribution < -0.4 is 10.1 Å². The van der Waals surface area contributed by atoms with Crippen molar-refractivity contribution in [2.75, 3.05) is 21.3 Å². The molecule has 0 saturated carbocycles. The first kappa shape index (κ1) is 24.2. The molecule has 0 radical (unpaired) electrons. The zero-order chi connectivity index (χ0) is 25.1. The molecule has 0 aliphatic carbocycles.